The number of nitrogens with two attached hydrogens (primary N) is 1. The van der Waals surface area contributed by atoms with E-state index in [0.29, 0.717) is 11.9 Å². The van der Waals surface area contributed by atoms with Crippen molar-refractivity contribution in [1.29, 1.82) is 0 Å². The van der Waals surface area contributed by atoms with E-state index < -0.39 is 0 Å². The van der Waals surface area contributed by atoms with Crippen LogP contribution < -0.4 is 10.6 Å². The Morgan fingerprint density at radius 2 is 2.18 bits per heavy atom. The Morgan fingerprint density at radius 3 is 2.94 bits per heavy atom. The van der Waals surface area contributed by atoms with Crippen molar-refractivity contribution in [3.8, 4) is 0 Å². The van der Waals surface area contributed by atoms with Crippen LogP contribution >= 0.6 is 0 Å². The van der Waals surface area contributed by atoms with Crippen molar-refractivity contribution in [3.05, 3.63) is 24.3 Å². The molecule has 0 radical (unpaired) electrons. The maximum atomic E-state index is 6.04. The van der Waals surface area contributed by atoms with E-state index in [-0.39, 0.29) is 6.04 Å². The van der Waals surface area contributed by atoms with Crippen molar-refractivity contribution in [2.24, 2.45) is 11.7 Å². The number of para-hydroxylation sites is 2. The molecule has 0 spiro atoms. The summed E-state index contributed by atoms with van der Waals surface area (Å²) < 4.78 is 5.76. The van der Waals surface area contributed by atoms with Gasteiger partial charge in [-0.25, -0.2) is 0 Å². The highest BCUT2D eigenvalue weighted by Crippen LogP contribution is 2.25. The van der Waals surface area contributed by atoms with Gasteiger partial charge in [0.05, 0.1) is 0 Å². The molecule has 0 aliphatic carbocycles. The topological polar surface area (TPSA) is 55.3 Å². The molecule has 1 fully saturated rings. The van der Waals surface area contributed by atoms with Crippen molar-refractivity contribution in [2.75, 3.05) is 18.0 Å². The summed E-state index contributed by atoms with van der Waals surface area (Å²) in [5.41, 5.74) is 7.79. The van der Waals surface area contributed by atoms with Crippen molar-refractivity contribution >= 4 is 17.1 Å². The first kappa shape index (κ1) is 10.6. The van der Waals surface area contributed by atoms with Gasteiger partial charge < -0.3 is 15.1 Å². The minimum absolute atomic E-state index is 0.216. The molecule has 1 aromatic carbocycles. The van der Waals surface area contributed by atoms with Crippen LogP contribution in [0.2, 0.25) is 0 Å². The van der Waals surface area contributed by atoms with E-state index in [1.807, 2.05) is 24.3 Å². The van der Waals surface area contributed by atoms with Gasteiger partial charge in [0, 0.05) is 19.1 Å². The summed E-state index contributed by atoms with van der Waals surface area (Å²) in [5, 5.41) is 0. The number of nitrogens with zero attached hydrogens (tertiary/aromatic N) is 2. The summed E-state index contributed by atoms with van der Waals surface area (Å²) in [6.45, 7) is 4.02. The number of aromatic nitrogens is 1. The van der Waals surface area contributed by atoms with Crippen LogP contribution in [0.5, 0.6) is 0 Å². The first-order chi connectivity index (χ1) is 8.22. The Bertz CT molecular complexity index is 479. The minimum Gasteiger partial charge on any atom is -0.423 e. The minimum atomic E-state index is 0.216. The standard InChI is InChI=1S/C13H17N3O/c1-9-6-10(14)8-16(7-9)13-15-11-4-2-3-5-12(11)17-13/h2-5,9-10H,6-8,14H2,1H3. The molecular weight excluding hydrogens is 214 g/mol. The normalized spacial score (nSPS) is 25.4. The predicted octanol–water partition coefficient (Wildman–Crippen LogP) is 2.00. The number of benzene rings is 1. The van der Waals surface area contributed by atoms with Crippen molar-refractivity contribution in [3.63, 3.8) is 0 Å². The summed E-state index contributed by atoms with van der Waals surface area (Å²) in [6.07, 6.45) is 1.08. The second-order valence-corrected chi connectivity index (χ2v) is 4.97. The lowest BCUT2D eigenvalue weighted by atomic mass is 9.97. The molecule has 1 aliphatic rings. The average molecular weight is 231 g/mol. The maximum Gasteiger partial charge on any atom is 0.298 e. The summed E-state index contributed by atoms with van der Waals surface area (Å²) in [5.74, 6) is 0.591. The molecule has 17 heavy (non-hydrogen) atoms. The van der Waals surface area contributed by atoms with E-state index >= 15 is 0 Å². The molecule has 1 saturated heterocycles. The quantitative estimate of drug-likeness (QED) is 0.815. The Balaban J connectivity index is 1.92. The van der Waals surface area contributed by atoms with Crippen molar-refractivity contribution < 1.29 is 4.42 Å². The molecule has 90 valence electrons. The van der Waals surface area contributed by atoms with E-state index in [2.05, 4.69) is 16.8 Å². The molecule has 2 atom stereocenters. The van der Waals surface area contributed by atoms with Gasteiger partial charge in [0.2, 0.25) is 0 Å². The average Bonchev–Trinajstić information content (AvgIpc) is 2.71. The lowest BCUT2D eigenvalue weighted by Crippen LogP contribution is -2.46. The maximum absolute atomic E-state index is 6.04. The van der Waals surface area contributed by atoms with Crippen LogP contribution in [-0.2, 0) is 0 Å². The Labute approximate surface area is 100 Å². The molecule has 1 aromatic heterocycles. The molecule has 2 N–H and O–H groups in total. The Kier molecular flexibility index (Phi) is 2.52. The third-order valence-corrected chi connectivity index (χ3v) is 3.25. The van der Waals surface area contributed by atoms with Crippen LogP contribution in [0.15, 0.2) is 28.7 Å². The van der Waals surface area contributed by atoms with Crippen LogP contribution in [-0.4, -0.2) is 24.1 Å². The number of anilines is 1. The van der Waals surface area contributed by atoms with Gasteiger partial charge >= 0.3 is 0 Å². The SMILES string of the molecule is CC1CC(N)CN(c2nc3ccccc3o2)C1. The summed E-state index contributed by atoms with van der Waals surface area (Å²) in [4.78, 5) is 6.66. The fourth-order valence-electron chi connectivity index (χ4n) is 2.55. The van der Waals surface area contributed by atoms with E-state index in [0.717, 1.165) is 30.6 Å². The number of hydrogen-bond donors (Lipinski definition) is 1. The molecule has 2 aromatic rings. The second-order valence-electron chi connectivity index (χ2n) is 4.97. The summed E-state index contributed by atoms with van der Waals surface area (Å²) in [7, 11) is 0. The molecule has 0 bridgehead atoms. The number of hydrogen-bond acceptors (Lipinski definition) is 4. The van der Waals surface area contributed by atoms with Crippen LogP contribution in [0.1, 0.15) is 13.3 Å². The number of fused-ring (bicyclic) bond motifs is 1. The van der Waals surface area contributed by atoms with Gasteiger partial charge in [0.1, 0.15) is 5.52 Å². The van der Waals surface area contributed by atoms with E-state index in [9.17, 15) is 0 Å². The largest absolute Gasteiger partial charge is 0.423 e. The summed E-state index contributed by atoms with van der Waals surface area (Å²) >= 11 is 0. The first-order valence-electron chi connectivity index (χ1n) is 6.08. The van der Waals surface area contributed by atoms with Gasteiger partial charge in [0.25, 0.3) is 6.01 Å². The zero-order chi connectivity index (χ0) is 11.8. The lowest BCUT2D eigenvalue weighted by molar-refractivity contribution is 0.383. The van der Waals surface area contributed by atoms with Crippen LogP contribution in [0.4, 0.5) is 6.01 Å². The van der Waals surface area contributed by atoms with E-state index in [4.69, 9.17) is 10.2 Å². The molecule has 3 rings (SSSR count). The molecule has 0 saturated carbocycles. The highest BCUT2D eigenvalue weighted by Gasteiger charge is 2.25. The van der Waals surface area contributed by atoms with E-state index in [1.54, 1.807) is 0 Å². The van der Waals surface area contributed by atoms with Crippen LogP contribution in [0.25, 0.3) is 11.1 Å². The first-order valence-corrected chi connectivity index (χ1v) is 6.08. The van der Waals surface area contributed by atoms with Gasteiger partial charge in [0.15, 0.2) is 5.58 Å². The molecule has 2 heterocycles. The smallest absolute Gasteiger partial charge is 0.298 e. The molecular formula is C13H17N3O. The lowest BCUT2D eigenvalue weighted by Gasteiger charge is -2.33. The Morgan fingerprint density at radius 1 is 1.35 bits per heavy atom. The predicted molar refractivity (Wildman–Crippen MR) is 68.0 cm³/mol. The Hall–Kier alpha value is -1.55. The highest BCUT2D eigenvalue weighted by molar-refractivity contribution is 5.74. The molecule has 4 nitrogen and oxygen atoms in total. The van der Waals surface area contributed by atoms with Gasteiger partial charge in [-0.1, -0.05) is 19.1 Å². The number of oxazole rings is 1. The third kappa shape index (κ3) is 2.00. The molecule has 1 aliphatic heterocycles. The van der Waals surface area contributed by atoms with Crippen molar-refractivity contribution in [2.45, 2.75) is 19.4 Å². The van der Waals surface area contributed by atoms with Gasteiger partial charge in [-0.05, 0) is 24.5 Å². The van der Waals surface area contributed by atoms with Gasteiger partial charge in [-0.2, -0.15) is 4.98 Å². The van der Waals surface area contributed by atoms with Crippen LogP contribution in [0.3, 0.4) is 0 Å². The molecule has 0 amide bonds. The third-order valence-electron chi connectivity index (χ3n) is 3.25. The number of piperidine rings is 1. The van der Waals surface area contributed by atoms with Gasteiger partial charge in [-0.3, -0.25) is 0 Å². The zero-order valence-corrected chi connectivity index (χ0v) is 9.97. The number of rotatable bonds is 1. The van der Waals surface area contributed by atoms with Gasteiger partial charge in [-0.15, -0.1) is 0 Å². The molecule has 2 unspecified atom stereocenters. The van der Waals surface area contributed by atoms with E-state index in [1.165, 1.54) is 0 Å². The fraction of sp³-hybridized carbons (Fsp3) is 0.462. The monoisotopic (exact) mass is 231 g/mol. The van der Waals surface area contributed by atoms with Crippen molar-refractivity contribution in [1.82, 2.24) is 4.98 Å². The van der Waals surface area contributed by atoms with Crippen LogP contribution in [0, 0.1) is 5.92 Å². The highest BCUT2D eigenvalue weighted by atomic mass is 16.4. The zero-order valence-electron chi connectivity index (χ0n) is 9.97. The summed E-state index contributed by atoms with van der Waals surface area (Å²) in [6, 6.07) is 8.76. The second kappa shape index (κ2) is 4.04. The molecule has 4 heteroatoms. The fourth-order valence-corrected chi connectivity index (χ4v) is 2.55.